The molecule has 1 fully saturated rings. The number of benzene rings is 2. The van der Waals surface area contributed by atoms with Crippen molar-refractivity contribution in [3.8, 4) is 17.2 Å². The van der Waals surface area contributed by atoms with Crippen LogP contribution in [0.2, 0.25) is 5.02 Å². The average Bonchev–Trinajstić information content (AvgIpc) is 3.15. The summed E-state index contributed by atoms with van der Waals surface area (Å²) in [7, 11) is 0. The number of hydrogen-bond donors (Lipinski definition) is 1. The SMILES string of the molecule is CCc1nc(C2CCNCC2)cn1-c1ccc(Oc2ccc(Cl)cc2)cc1. The summed E-state index contributed by atoms with van der Waals surface area (Å²) in [5, 5.41) is 4.13. The van der Waals surface area contributed by atoms with Crippen LogP contribution in [0.5, 0.6) is 11.5 Å². The summed E-state index contributed by atoms with van der Waals surface area (Å²) in [5.41, 5.74) is 2.33. The minimum atomic E-state index is 0.560. The molecule has 0 aliphatic carbocycles. The molecule has 0 atom stereocenters. The number of rotatable bonds is 5. The van der Waals surface area contributed by atoms with Crippen molar-refractivity contribution in [2.24, 2.45) is 0 Å². The van der Waals surface area contributed by atoms with Gasteiger partial charge in [0, 0.05) is 29.2 Å². The smallest absolute Gasteiger partial charge is 0.127 e. The van der Waals surface area contributed by atoms with Crippen LogP contribution in [-0.4, -0.2) is 22.6 Å². The molecule has 3 aromatic rings. The molecule has 0 bridgehead atoms. The fraction of sp³-hybridized carbons (Fsp3) is 0.318. The Labute approximate surface area is 165 Å². The molecule has 4 nitrogen and oxygen atoms in total. The summed E-state index contributed by atoms with van der Waals surface area (Å²) < 4.78 is 8.10. The van der Waals surface area contributed by atoms with E-state index in [1.54, 1.807) is 0 Å². The summed E-state index contributed by atoms with van der Waals surface area (Å²) in [5.74, 6) is 3.25. The number of imidazole rings is 1. The molecule has 1 aliphatic rings. The molecule has 0 radical (unpaired) electrons. The highest BCUT2D eigenvalue weighted by molar-refractivity contribution is 6.30. The van der Waals surface area contributed by atoms with Crippen LogP contribution in [0.25, 0.3) is 5.69 Å². The van der Waals surface area contributed by atoms with E-state index in [1.807, 2.05) is 36.4 Å². The van der Waals surface area contributed by atoms with Gasteiger partial charge in [-0.25, -0.2) is 4.98 Å². The van der Waals surface area contributed by atoms with Gasteiger partial charge in [-0.05, 0) is 74.5 Å². The van der Waals surface area contributed by atoms with Crippen LogP contribution in [0.1, 0.15) is 37.2 Å². The van der Waals surface area contributed by atoms with Crippen molar-refractivity contribution < 1.29 is 4.74 Å². The van der Waals surface area contributed by atoms with Crippen molar-refractivity contribution in [1.82, 2.24) is 14.9 Å². The van der Waals surface area contributed by atoms with Gasteiger partial charge in [0.15, 0.2) is 0 Å². The van der Waals surface area contributed by atoms with Crippen molar-refractivity contribution in [2.75, 3.05) is 13.1 Å². The number of nitrogens with zero attached hydrogens (tertiary/aromatic N) is 2. The van der Waals surface area contributed by atoms with Crippen molar-refractivity contribution in [3.05, 3.63) is 71.3 Å². The standard InChI is InChI=1S/C22H24ClN3O/c1-2-22-25-21(16-11-13-24-14-12-16)15-26(22)18-5-9-20(10-6-18)27-19-7-3-17(23)4-8-19/h3-10,15-16,24H,2,11-14H2,1H3. The van der Waals surface area contributed by atoms with Gasteiger partial charge in [0.05, 0.1) is 5.69 Å². The van der Waals surface area contributed by atoms with Crippen molar-refractivity contribution in [3.63, 3.8) is 0 Å². The predicted octanol–water partition coefficient (Wildman–Crippen LogP) is 5.35. The topological polar surface area (TPSA) is 39.1 Å². The molecule has 2 aromatic carbocycles. The highest BCUT2D eigenvalue weighted by Gasteiger charge is 2.19. The maximum atomic E-state index is 5.92. The Morgan fingerprint density at radius 3 is 2.30 bits per heavy atom. The molecule has 1 aromatic heterocycles. The fourth-order valence-electron chi connectivity index (χ4n) is 3.54. The van der Waals surface area contributed by atoms with E-state index in [0.717, 1.165) is 55.4 Å². The van der Waals surface area contributed by atoms with Gasteiger partial charge < -0.3 is 14.6 Å². The summed E-state index contributed by atoms with van der Waals surface area (Å²) in [6, 6.07) is 15.5. The van der Waals surface area contributed by atoms with Crippen LogP contribution in [0.4, 0.5) is 0 Å². The Kier molecular flexibility index (Phi) is 5.46. The molecular formula is C22H24ClN3O. The van der Waals surface area contributed by atoms with Gasteiger partial charge in [0.1, 0.15) is 17.3 Å². The molecule has 0 spiro atoms. The Bertz CT molecular complexity index is 881. The summed E-state index contributed by atoms with van der Waals surface area (Å²) in [4.78, 5) is 4.92. The predicted molar refractivity (Wildman–Crippen MR) is 109 cm³/mol. The lowest BCUT2D eigenvalue weighted by Gasteiger charge is -2.20. The highest BCUT2D eigenvalue weighted by atomic mass is 35.5. The maximum Gasteiger partial charge on any atom is 0.127 e. The van der Waals surface area contributed by atoms with E-state index in [2.05, 4.69) is 35.1 Å². The van der Waals surface area contributed by atoms with Crippen LogP contribution in [0.15, 0.2) is 54.7 Å². The van der Waals surface area contributed by atoms with Crippen LogP contribution >= 0.6 is 11.6 Å². The zero-order valence-electron chi connectivity index (χ0n) is 15.5. The van der Waals surface area contributed by atoms with Crippen molar-refractivity contribution in [2.45, 2.75) is 32.1 Å². The van der Waals surface area contributed by atoms with E-state index in [0.29, 0.717) is 10.9 Å². The van der Waals surface area contributed by atoms with Crippen molar-refractivity contribution >= 4 is 11.6 Å². The minimum Gasteiger partial charge on any atom is -0.457 e. The molecule has 27 heavy (non-hydrogen) atoms. The van der Waals surface area contributed by atoms with Gasteiger partial charge >= 0.3 is 0 Å². The third kappa shape index (κ3) is 4.18. The van der Waals surface area contributed by atoms with E-state index < -0.39 is 0 Å². The number of aryl methyl sites for hydroxylation is 1. The fourth-order valence-corrected chi connectivity index (χ4v) is 3.67. The first-order valence-electron chi connectivity index (χ1n) is 9.55. The van der Waals surface area contributed by atoms with Crippen LogP contribution < -0.4 is 10.1 Å². The lowest BCUT2D eigenvalue weighted by molar-refractivity contribution is 0.454. The molecule has 5 heteroatoms. The number of ether oxygens (including phenoxy) is 1. The molecule has 4 rings (SSSR count). The lowest BCUT2D eigenvalue weighted by Crippen LogP contribution is -2.26. The normalized spacial score (nSPS) is 15.0. The van der Waals surface area contributed by atoms with Gasteiger partial charge in [-0.15, -0.1) is 0 Å². The van der Waals surface area contributed by atoms with E-state index >= 15 is 0 Å². The van der Waals surface area contributed by atoms with E-state index in [1.165, 1.54) is 5.69 Å². The first-order chi connectivity index (χ1) is 13.2. The molecule has 1 saturated heterocycles. The monoisotopic (exact) mass is 381 g/mol. The molecule has 0 saturated carbocycles. The zero-order valence-corrected chi connectivity index (χ0v) is 16.2. The zero-order chi connectivity index (χ0) is 18.6. The highest BCUT2D eigenvalue weighted by Crippen LogP contribution is 2.28. The molecular weight excluding hydrogens is 358 g/mol. The number of hydrogen-bond acceptors (Lipinski definition) is 3. The summed E-state index contributed by atoms with van der Waals surface area (Å²) in [6.45, 7) is 4.31. The maximum absolute atomic E-state index is 5.92. The van der Waals surface area contributed by atoms with Gasteiger partial charge in [-0.2, -0.15) is 0 Å². The Morgan fingerprint density at radius 2 is 1.67 bits per heavy atom. The van der Waals surface area contributed by atoms with Gasteiger partial charge in [0.25, 0.3) is 0 Å². The van der Waals surface area contributed by atoms with Crippen LogP contribution in [-0.2, 0) is 6.42 Å². The molecule has 140 valence electrons. The number of halogens is 1. The van der Waals surface area contributed by atoms with Crippen LogP contribution in [0, 0.1) is 0 Å². The van der Waals surface area contributed by atoms with Gasteiger partial charge in [-0.3, -0.25) is 0 Å². The van der Waals surface area contributed by atoms with Crippen molar-refractivity contribution in [1.29, 1.82) is 0 Å². The first kappa shape index (κ1) is 18.1. The number of piperidine rings is 1. The Morgan fingerprint density at radius 1 is 1.04 bits per heavy atom. The minimum absolute atomic E-state index is 0.560. The average molecular weight is 382 g/mol. The van der Waals surface area contributed by atoms with E-state index in [-0.39, 0.29) is 0 Å². The van der Waals surface area contributed by atoms with E-state index in [4.69, 9.17) is 21.3 Å². The molecule has 0 unspecified atom stereocenters. The van der Waals surface area contributed by atoms with E-state index in [9.17, 15) is 0 Å². The first-order valence-corrected chi connectivity index (χ1v) is 9.93. The Hall–Kier alpha value is -2.30. The summed E-state index contributed by atoms with van der Waals surface area (Å²) in [6.07, 6.45) is 5.44. The second-order valence-corrected chi connectivity index (χ2v) is 7.32. The molecule has 0 amide bonds. The molecule has 1 N–H and O–H groups in total. The quantitative estimate of drug-likeness (QED) is 0.647. The largest absolute Gasteiger partial charge is 0.457 e. The van der Waals surface area contributed by atoms with Gasteiger partial charge in [-0.1, -0.05) is 18.5 Å². The second-order valence-electron chi connectivity index (χ2n) is 6.88. The summed E-state index contributed by atoms with van der Waals surface area (Å²) >= 11 is 5.92. The number of aromatic nitrogens is 2. The molecule has 2 heterocycles. The third-order valence-electron chi connectivity index (χ3n) is 5.04. The van der Waals surface area contributed by atoms with Gasteiger partial charge in [0.2, 0.25) is 0 Å². The Balaban J connectivity index is 1.54. The van der Waals surface area contributed by atoms with Crippen LogP contribution in [0.3, 0.4) is 0 Å². The second kappa shape index (κ2) is 8.15. The lowest BCUT2D eigenvalue weighted by atomic mass is 9.95. The molecule has 1 aliphatic heterocycles. The third-order valence-corrected chi connectivity index (χ3v) is 5.29. The number of nitrogens with one attached hydrogen (secondary N) is 1.